The molecule has 8 heteroatoms. The average molecular weight is 365 g/mol. The molecule has 0 amide bonds. The van der Waals surface area contributed by atoms with E-state index in [1.165, 1.54) is 0 Å². The highest BCUT2D eigenvalue weighted by molar-refractivity contribution is 9.10. The predicted octanol–water partition coefficient (Wildman–Crippen LogP) is 2.76. The van der Waals surface area contributed by atoms with Crippen LogP contribution in [-0.2, 0) is 0 Å². The summed E-state index contributed by atoms with van der Waals surface area (Å²) in [6, 6.07) is 5.65. The molecule has 0 bridgehead atoms. The Balaban J connectivity index is 2.21. The van der Waals surface area contributed by atoms with Gasteiger partial charge >= 0.3 is 0 Å². The summed E-state index contributed by atoms with van der Waals surface area (Å²) in [7, 11) is 1.83. The molecule has 0 unspecified atom stereocenters. The number of rotatable bonds is 7. The van der Waals surface area contributed by atoms with Crippen LogP contribution in [0.2, 0.25) is 0 Å². The van der Waals surface area contributed by atoms with E-state index in [9.17, 15) is 0 Å². The van der Waals surface area contributed by atoms with Crippen molar-refractivity contribution >= 4 is 51.5 Å². The first-order valence-electron chi connectivity index (χ1n) is 6.60. The van der Waals surface area contributed by atoms with E-state index in [2.05, 4.69) is 53.6 Å². The molecule has 0 aliphatic carbocycles. The second kappa shape index (κ2) is 7.71. The predicted molar refractivity (Wildman–Crippen MR) is 93.8 cm³/mol. The number of nitrogens with zero attached hydrogens (tertiary/aromatic N) is 3. The van der Waals surface area contributed by atoms with Crippen LogP contribution in [0.5, 0.6) is 0 Å². The molecule has 0 saturated heterocycles. The Morgan fingerprint density at radius 1 is 1.41 bits per heavy atom. The highest BCUT2D eigenvalue weighted by atomic mass is 79.9. The number of anilines is 4. The van der Waals surface area contributed by atoms with Crippen LogP contribution < -0.4 is 16.0 Å². The standard InChI is InChI=1S/C14H17BrN6O/c1-16-11-4-3-9(7-12(11)17-2)20-14-19-8-10(15)13(21-14)18-5-6-22/h3-4,7-8,16,22H,2,5-6H2,1H3,(H2,18,19,20,21). The molecule has 1 aromatic heterocycles. The third kappa shape index (κ3) is 3.92. The third-order valence-electron chi connectivity index (χ3n) is 2.84. The molecular weight excluding hydrogens is 348 g/mol. The first kappa shape index (κ1) is 16.2. The molecule has 0 aliphatic rings. The lowest BCUT2D eigenvalue weighted by molar-refractivity contribution is 0.311. The lowest BCUT2D eigenvalue weighted by Gasteiger charge is -2.11. The summed E-state index contributed by atoms with van der Waals surface area (Å²) in [6.45, 7) is 4.00. The van der Waals surface area contributed by atoms with Crippen molar-refractivity contribution in [2.75, 3.05) is 36.1 Å². The summed E-state index contributed by atoms with van der Waals surface area (Å²) in [6.07, 6.45) is 1.64. The fourth-order valence-electron chi connectivity index (χ4n) is 1.81. The zero-order valence-corrected chi connectivity index (χ0v) is 13.7. The molecular formula is C14H17BrN6O. The molecule has 2 aromatic rings. The summed E-state index contributed by atoms with van der Waals surface area (Å²) in [5.74, 6) is 1.05. The number of aliphatic hydroxyl groups is 1. The van der Waals surface area contributed by atoms with Crippen LogP contribution in [-0.4, -0.2) is 42.0 Å². The van der Waals surface area contributed by atoms with Gasteiger partial charge < -0.3 is 21.1 Å². The first-order valence-corrected chi connectivity index (χ1v) is 7.40. The lowest BCUT2D eigenvalue weighted by atomic mass is 10.2. The van der Waals surface area contributed by atoms with Gasteiger partial charge in [0.1, 0.15) is 5.82 Å². The van der Waals surface area contributed by atoms with E-state index >= 15 is 0 Å². The molecule has 116 valence electrons. The summed E-state index contributed by atoms with van der Waals surface area (Å²) < 4.78 is 0.727. The minimum absolute atomic E-state index is 0.0268. The van der Waals surface area contributed by atoms with Gasteiger partial charge in [-0.3, -0.25) is 4.99 Å². The van der Waals surface area contributed by atoms with Crippen molar-refractivity contribution in [3.05, 3.63) is 28.9 Å². The van der Waals surface area contributed by atoms with E-state index in [1.807, 2.05) is 25.2 Å². The van der Waals surface area contributed by atoms with Crippen molar-refractivity contribution in [1.29, 1.82) is 0 Å². The fourth-order valence-corrected chi connectivity index (χ4v) is 2.14. The van der Waals surface area contributed by atoms with Gasteiger partial charge in [-0.05, 0) is 40.8 Å². The Morgan fingerprint density at radius 3 is 2.91 bits per heavy atom. The van der Waals surface area contributed by atoms with Gasteiger partial charge in [0.15, 0.2) is 0 Å². The quantitative estimate of drug-likeness (QED) is 0.564. The summed E-state index contributed by atoms with van der Waals surface area (Å²) in [4.78, 5) is 12.5. The van der Waals surface area contributed by atoms with Crippen molar-refractivity contribution in [3.8, 4) is 0 Å². The second-order valence-electron chi connectivity index (χ2n) is 4.31. The maximum atomic E-state index is 8.87. The molecule has 0 fully saturated rings. The van der Waals surface area contributed by atoms with Gasteiger partial charge in [-0.2, -0.15) is 4.98 Å². The Kier molecular flexibility index (Phi) is 5.68. The zero-order chi connectivity index (χ0) is 15.9. The van der Waals surface area contributed by atoms with Gasteiger partial charge in [0, 0.05) is 25.5 Å². The number of hydrogen-bond acceptors (Lipinski definition) is 7. The Morgan fingerprint density at radius 2 is 2.23 bits per heavy atom. The molecule has 2 rings (SSSR count). The number of aliphatic hydroxyl groups excluding tert-OH is 1. The number of halogens is 1. The van der Waals surface area contributed by atoms with Gasteiger partial charge in [-0.1, -0.05) is 0 Å². The number of nitrogens with one attached hydrogen (secondary N) is 3. The van der Waals surface area contributed by atoms with Gasteiger partial charge in [0.25, 0.3) is 0 Å². The van der Waals surface area contributed by atoms with E-state index in [-0.39, 0.29) is 6.61 Å². The van der Waals surface area contributed by atoms with Gasteiger partial charge in [-0.15, -0.1) is 0 Å². The van der Waals surface area contributed by atoms with Gasteiger partial charge in [-0.25, -0.2) is 4.98 Å². The van der Waals surface area contributed by atoms with E-state index in [1.54, 1.807) is 6.20 Å². The van der Waals surface area contributed by atoms with Crippen LogP contribution in [0.3, 0.4) is 0 Å². The van der Waals surface area contributed by atoms with E-state index in [0.29, 0.717) is 18.3 Å². The molecule has 0 saturated carbocycles. The number of aromatic nitrogens is 2. The van der Waals surface area contributed by atoms with Crippen molar-refractivity contribution in [2.24, 2.45) is 4.99 Å². The Bertz CT molecular complexity index is 664. The third-order valence-corrected chi connectivity index (χ3v) is 3.42. The molecule has 0 spiro atoms. The van der Waals surface area contributed by atoms with Crippen molar-refractivity contribution in [2.45, 2.75) is 0 Å². The molecule has 4 N–H and O–H groups in total. The second-order valence-corrected chi connectivity index (χ2v) is 5.16. The Labute approximate surface area is 137 Å². The minimum atomic E-state index is 0.0268. The van der Waals surface area contributed by atoms with Crippen LogP contribution in [0.15, 0.2) is 33.9 Å². The van der Waals surface area contributed by atoms with Crippen LogP contribution in [0.4, 0.5) is 28.8 Å². The van der Waals surface area contributed by atoms with Crippen LogP contribution >= 0.6 is 15.9 Å². The van der Waals surface area contributed by atoms with Crippen LogP contribution in [0, 0.1) is 0 Å². The van der Waals surface area contributed by atoms with Gasteiger partial charge in [0.05, 0.1) is 22.5 Å². The van der Waals surface area contributed by atoms with E-state index in [0.717, 1.165) is 21.5 Å². The smallest absolute Gasteiger partial charge is 0.229 e. The van der Waals surface area contributed by atoms with Crippen molar-refractivity contribution < 1.29 is 5.11 Å². The molecule has 0 aliphatic heterocycles. The summed E-state index contributed by atoms with van der Waals surface area (Å²) in [5, 5.41) is 18.0. The molecule has 1 aromatic carbocycles. The van der Waals surface area contributed by atoms with Crippen molar-refractivity contribution in [1.82, 2.24) is 9.97 Å². The molecule has 1 heterocycles. The minimum Gasteiger partial charge on any atom is -0.395 e. The molecule has 0 radical (unpaired) electrons. The monoisotopic (exact) mass is 364 g/mol. The number of aliphatic imine (C=N–C) groups is 1. The van der Waals surface area contributed by atoms with Crippen molar-refractivity contribution in [3.63, 3.8) is 0 Å². The van der Waals surface area contributed by atoms with Gasteiger partial charge in [0.2, 0.25) is 5.95 Å². The van der Waals surface area contributed by atoms with E-state index < -0.39 is 0 Å². The number of hydrogen-bond donors (Lipinski definition) is 4. The maximum Gasteiger partial charge on any atom is 0.229 e. The normalized spacial score (nSPS) is 10.1. The highest BCUT2D eigenvalue weighted by Crippen LogP contribution is 2.29. The molecule has 22 heavy (non-hydrogen) atoms. The first-order chi connectivity index (χ1) is 10.7. The summed E-state index contributed by atoms with van der Waals surface area (Å²) >= 11 is 3.36. The lowest BCUT2D eigenvalue weighted by Crippen LogP contribution is -2.09. The van der Waals surface area contributed by atoms with E-state index in [4.69, 9.17) is 5.11 Å². The number of benzene rings is 1. The van der Waals surface area contributed by atoms with Crippen LogP contribution in [0.1, 0.15) is 0 Å². The fraction of sp³-hybridized carbons (Fsp3) is 0.214. The largest absolute Gasteiger partial charge is 0.395 e. The maximum absolute atomic E-state index is 8.87. The Hall–Kier alpha value is -2.19. The van der Waals surface area contributed by atoms with Crippen LogP contribution in [0.25, 0.3) is 0 Å². The summed E-state index contributed by atoms with van der Waals surface area (Å²) in [5.41, 5.74) is 2.43. The molecule has 0 atom stereocenters. The SMILES string of the molecule is C=Nc1cc(Nc2ncc(Br)c(NCCO)n2)ccc1NC. The zero-order valence-electron chi connectivity index (χ0n) is 12.1. The topological polar surface area (TPSA) is 94.5 Å². The average Bonchev–Trinajstić information content (AvgIpc) is 2.55. The highest BCUT2D eigenvalue weighted by Gasteiger charge is 2.06. The molecule has 7 nitrogen and oxygen atoms in total.